The Kier molecular flexibility index (Phi) is 4.96. The third-order valence-corrected chi connectivity index (χ3v) is 5.67. The Balaban J connectivity index is 1.37. The monoisotopic (exact) mass is 442 g/mol. The minimum absolute atomic E-state index is 0.288. The normalized spacial score (nSPS) is 10.9. The molecule has 10 heteroatoms. The van der Waals surface area contributed by atoms with Gasteiger partial charge in [-0.15, -0.1) is 0 Å². The fourth-order valence-electron chi connectivity index (χ4n) is 3.30. The summed E-state index contributed by atoms with van der Waals surface area (Å²) in [5.41, 5.74) is 10.3. The molecule has 0 fully saturated rings. The molecule has 0 bridgehead atoms. The van der Waals surface area contributed by atoms with E-state index in [1.54, 1.807) is 24.4 Å². The number of imidazole rings is 1. The van der Waals surface area contributed by atoms with E-state index in [1.807, 2.05) is 47.9 Å². The average molecular weight is 443 g/mol. The summed E-state index contributed by atoms with van der Waals surface area (Å²) < 4.78 is 1.99. The van der Waals surface area contributed by atoms with Crippen molar-refractivity contribution in [3.05, 3.63) is 77.7 Å². The fraction of sp³-hybridized carbons (Fsp3) is 0.0455. The van der Waals surface area contributed by atoms with Crippen LogP contribution in [0.4, 0.5) is 22.5 Å². The highest BCUT2D eigenvalue weighted by Crippen LogP contribution is 2.26. The number of aromatic nitrogens is 5. The number of hydrogen-bond donors (Lipinski definition) is 3. The van der Waals surface area contributed by atoms with Crippen molar-refractivity contribution in [2.24, 2.45) is 0 Å². The predicted molar refractivity (Wildman–Crippen MR) is 125 cm³/mol. The quantitative estimate of drug-likeness (QED) is 0.350. The van der Waals surface area contributed by atoms with Crippen molar-refractivity contribution in [1.82, 2.24) is 24.3 Å². The van der Waals surface area contributed by atoms with Gasteiger partial charge in [0, 0.05) is 12.4 Å². The van der Waals surface area contributed by atoms with Crippen molar-refractivity contribution < 1.29 is 4.79 Å². The lowest BCUT2D eigenvalue weighted by molar-refractivity contribution is 0.103. The lowest BCUT2D eigenvalue weighted by Gasteiger charge is -2.06. The number of benzene rings is 1. The average Bonchev–Trinajstić information content (AvgIpc) is 3.39. The van der Waals surface area contributed by atoms with E-state index in [0.29, 0.717) is 27.3 Å². The van der Waals surface area contributed by atoms with Crippen molar-refractivity contribution in [2.75, 3.05) is 16.4 Å². The highest BCUT2D eigenvalue weighted by Gasteiger charge is 2.15. The summed E-state index contributed by atoms with van der Waals surface area (Å²) in [5, 5.41) is 6.37. The van der Waals surface area contributed by atoms with Crippen LogP contribution in [0.1, 0.15) is 15.4 Å². The fourth-order valence-corrected chi connectivity index (χ4v) is 4.01. The second kappa shape index (κ2) is 8.08. The number of aryl methyl sites for hydroxylation is 1. The zero-order valence-corrected chi connectivity index (χ0v) is 17.8. The van der Waals surface area contributed by atoms with Crippen molar-refractivity contribution in [3.63, 3.8) is 0 Å². The Morgan fingerprint density at radius 1 is 1.06 bits per heavy atom. The van der Waals surface area contributed by atoms with E-state index in [4.69, 9.17) is 5.73 Å². The molecule has 4 aromatic heterocycles. The third kappa shape index (κ3) is 3.74. The molecule has 9 nitrogen and oxygen atoms in total. The molecule has 5 rings (SSSR count). The van der Waals surface area contributed by atoms with Gasteiger partial charge in [-0.3, -0.25) is 9.20 Å². The Bertz CT molecular complexity index is 1440. The smallest absolute Gasteiger partial charge is 0.267 e. The van der Waals surface area contributed by atoms with Crippen LogP contribution in [-0.2, 0) is 0 Å². The van der Waals surface area contributed by atoms with Crippen LogP contribution < -0.4 is 16.4 Å². The van der Waals surface area contributed by atoms with Gasteiger partial charge in [0.1, 0.15) is 10.5 Å². The summed E-state index contributed by atoms with van der Waals surface area (Å²) in [7, 11) is 0. The van der Waals surface area contributed by atoms with Gasteiger partial charge in [-0.1, -0.05) is 29.5 Å². The van der Waals surface area contributed by atoms with Gasteiger partial charge in [-0.25, -0.2) is 19.9 Å². The molecular formula is C22H18N8OS. The van der Waals surface area contributed by atoms with Gasteiger partial charge in [0.15, 0.2) is 5.13 Å². The minimum atomic E-state index is -0.288. The number of rotatable bonds is 5. The molecule has 0 aliphatic rings. The van der Waals surface area contributed by atoms with Crippen LogP contribution >= 0.6 is 11.3 Å². The molecule has 0 saturated carbocycles. The first-order valence-corrected chi connectivity index (χ1v) is 10.6. The summed E-state index contributed by atoms with van der Waals surface area (Å²) >= 11 is 1.20. The zero-order valence-electron chi connectivity index (χ0n) is 17.0. The summed E-state index contributed by atoms with van der Waals surface area (Å²) in [4.78, 5) is 30.7. The second-order valence-electron chi connectivity index (χ2n) is 6.94. The molecule has 0 atom stereocenters. The van der Waals surface area contributed by atoms with Crippen LogP contribution in [0.25, 0.3) is 17.0 Å². The van der Waals surface area contributed by atoms with Crippen LogP contribution in [0.3, 0.4) is 0 Å². The summed E-state index contributed by atoms with van der Waals surface area (Å²) in [6, 6.07) is 14.8. The molecule has 32 heavy (non-hydrogen) atoms. The van der Waals surface area contributed by atoms with Crippen molar-refractivity contribution in [3.8, 4) is 11.4 Å². The second-order valence-corrected chi connectivity index (χ2v) is 7.97. The Labute approximate surface area is 187 Å². The molecule has 0 radical (unpaired) electrons. The van der Waals surface area contributed by atoms with E-state index >= 15 is 0 Å². The van der Waals surface area contributed by atoms with E-state index in [2.05, 4.69) is 30.6 Å². The van der Waals surface area contributed by atoms with Gasteiger partial charge < -0.3 is 16.4 Å². The number of hydrogen-bond acceptors (Lipinski definition) is 8. The first kappa shape index (κ1) is 19.6. The van der Waals surface area contributed by atoms with Crippen LogP contribution in [-0.4, -0.2) is 30.2 Å². The number of nitrogens with two attached hydrogens (primary N) is 1. The molecule has 0 aliphatic heterocycles. The van der Waals surface area contributed by atoms with Crippen LogP contribution in [0.5, 0.6) is 0 Å². The number of nitrogens with one attached hydrogen (secondary N) is 2. The number of nitrogens with zero attached hydrogens (tertiary/aromatic N) is 5. The van der Waals surface area contributed by atoms with Gasteiger partial charge >= 0.3 is 0 Å². The largest absolute Gasteiger partial charge is 0.397 e. The van der Waals surface area contributed by atoms with Gasteiger partial charge in [-0.05, 0) is 37.3 Å². The maximum absolute atomic E-state index is 12.5. The molecule has 1 aromatic carbocycles. The van der Waals surface area contributed by atoms with Crippen LogP contribution in [0.2, 0.25) is 0 Å². The number of anilines is 4. The lowest BCUT2D eigenvalue weighted by atomic mass is 10.2. The summed E-state index contributed by atoms with van der Waals surface area (Å²) in [6.45, 7) is 1.95. The number of pyridine rings is 1. The molecule has 4 N–H and O–H groups in total. The van der Waals surface area contributed by atoms with Crippen LogP contribution in [0, 0.1) is 6.92 Å². The molecule has 1 amide bonds. The Morgan fingerprint density at radius 2 is 1.91 bits per heavy atom. The van der Waals surface area contributed by atoms with Gasteiger partial charge in [-0.2, -0.15) is 0 Å². The third-order valence-electron chi connectivity index (χ3n) is 4.76. The number of para-hydroxylation sites is 2. The Morgan fingerprint density at radius 3 is 2.78 bits per heavy atom. The van der Waals surface area contributed by atoms with Crippen molar-refractivity contribution >= 4 is 45.3 Å². The Hall–Kier alpha value is -4.31. The number of amides is 1. The molecule has 0 saturated heterocycles. The van der Waals surface area contributed by atoms with E-state index in [1.165, 1.54) is 17.5 Å². The minimum Gasteiger partial charge on any atom is -0.397 e. The molecule has 0 spiro atoms. The molecule has 158 valence electrons. The number of carbonyl (C=O) groups excluding carboxylic acids is 1. The van der Waals surface area contributed by atoms with E-state index in [-0.39, 0.29) is 5.91 Å². The molecule has 5 aromatic rings. The highest BCUT2D eigenvalue weighted by molar-refractivity contribution is 7.17. The van der Waals surface area contributed by atoms with Gasteiger partial charge in [0.25, 0.3) is 5.91 Å². The number of carbonyl (C=O) groups is 1. The molecule has 0 aliphatic carbocycles. The van der Waals surface area contributed by atoms with E-state index in [9.17, 15) is 4.79 Å². The van der Waals surface area contributed by atoms with Gasteiger partial charge in [0.05, 0.1) is 34.7 Å². The van der Waals surface area contributed by atoms with Crippen LogP contribution in [0.15, 0.2) is 67.1 Å². The SMILES string of the molecule is Cc1nc2ccccn2c1-c1ccnc(Nc2ncc(C(=O)Nc3ccccc3N)s2)n1. The molecular weight excluding hydrogens is 424 g/mol. The molecule has 4 heterocycles. The standard InChI is InChI=1S/C22H18N8OS/c1-13-19(30-11-5-4-8-18(30)26-13)16-9-10-24-21(28-16)29-22-25-12-17(32-22)20(31)27-15-7-3-2-6-14(15)23/h2-12H,23H2,1H3,(H,27,31)(H,24,25,28,29). The maximum atomic E-state index is 12.5. The number of fused-ring (bicyclic) bond motifs is 1. The first-order valence-electron chi connectivity index (χ1n) is 9.74. The van der Waals surface area contributed by atoms with Crippen molar-refractivity contribution in [2.45, 2.75) is 6.92 Å². The summed E-state index contributed by atoms with van der Waals surface area (Å²) in [6.07, 6.45) is 5.12. The predicted octanol–water partition coefficient (Wildman–Crippen LogP) is 4.13. The summed E-state index contributed by atoms with van der Waals surface area (Å²) in [5.74, 6) is 0.0888. The molecule has 0 unspecified atom stereocenters. The maximum Gasteiger partial charge on any atom is 0.267 e. The number of thiazole rings is 1. The van der Waals surface area contributed by atoms with Gasteiger partial charge in [0.2, 0.25) is 5.95 Å². The number of nitrogen functional groups attached to an aromatic ring is 1. The zero-order chi connectivity index (χ0) is 22.1. The first-order chi connectivity index (χ1) is 15.6. The highest BCUT2D eigenvalue weighted by atomic mass is 32.1. The lowest BCUT2D eigenvalue weighted by Crippen LogP contribution is -2.11. The van der Waals surface area contributed by atoms with E-state index < -0.39 is 0 Å². The topological polar surface area (TPSA) is 123 Å². The van der Waals surface area contributed by atoms with Crippen molar-refractivity contribution in [1.29, 1.82) is 0 Å². The van der Waals surface area contributed by atoms with E-state index in [0.717, 1.165) is 22.7 Å².